The highest BCUT2D eigenvalue weighted by Gasteiger charge is 2.08. The average molecular weight is 424 g/mol. The minimum atomic E-state index is 0.463. The van der Waals surface area contributed by atoms with Crippen molar-refractivity contribution >= 4 is 5.96 Å². The van der Waals surface area contributed by atoms with Gasteiger partial charge in [-0.05, 0) is 45.4 Å². The van der Waals surface area contributed by atoms with Crippen molar-refractivity contribution in [1.82, 2.24) is 20.6 Å². The van der Waals surface area contributed by atoms with Crippen LogP contribution in [-0.2, 0) is 13.1 Å². The predicted octanol–water partition coefficient (Wildman–Crippen LogP) is 4.13. The summed E-state index contributed by atoms with van der Waals surface area (Å²) in [6, 6.07) is 11.3. The number of aromatic nitrogens is 2. The molecule has 2 N–H and O–H groups in total. The molecule has 3 aromatic rings. The van der Waals surface area contributed by atoms with Crippen molar-refractivity contribution in [2.24, 2.45) is 4.99 Å². The van der Waals surface area contributed by atoms with E-state index < -0.39 is 0 Å². The number of hydrogen-bond acceptors (Lipinski definition) is 6. The molecule has 0 fully saturated rings. The van der Waals surface area contributed by atoms with Gasteiger partial charge in [0.1, 0.15) is 5.76 Å². The van der Waals surface area contributed by atoms with E-state index in [9.17, 15) is 0 Å². The van der Waals surface area contributed by atoms with Crippen molar-refractivity contribution < 1.29 is 13.9 Å². The number of hydrogen-bond donors (Lipinski definition) is 2. The van der Waals surface area contributed by atoms with Crippen LogP contribution in [0.1, 0.15) is 36.8 Å². The van der Waals surface area contributed by atoms with E-state index in [1.165, 1.54) is 0 Å². The van der Waals surface area contributed by atoms with Gasteiger partial charge in [0, 0.05) is 18.8 Å². The molecule has 1 aromatic carbocycles. The lowest BCUT2D eigenvalue weighted by Gasteiger charge is -2.11. The molecule has 0 aliphatic heterocycles. The fourth-order valence-electron chi connectivity index (χ4n) is 2.77. The molecule has 2 heterocycles. The van der Waals surface area contributed by atoms with Gasteiger partial charge in [-0.25, -0.2) is 15.0 Å². The van der Waals surface area contributed by atoms with Gasteiger partial charge < -0.3 is 24.5 Å². The molecule has 0 bridgehead atoms. The van der Waals surface area contributed by atoms with Crippen LogP contribution in [0.3, 0.4) is 0 Å². The van der Waals surface area contributed by atoms with Crippen LogP contribution in [0.4, 0.5) is 0 Å². The topological polar surface area (TPSA) is 93.8 Å². The van der Waals surface area contributed by atoms with Crippen molar-refractivity contribution in [2.75, 3.05) is 13.2 Å². The zero-order valence-electron chi connectivity index (χ0n) is 18.4. The number of guanidine groups is 1. The third-order valence-corrected chi connectivity index (χ3v) is 4.40. The second-order valence-electron chi connectivity index (χ2n) is 6.78. The second kappa shape index (κ2) is 11.0. The molecule has 0 spiro atoms. The summed E-state index contributed by atoms with van der Waals surface area (Å²) in [6.07, 6.45) is 1.76. The lowest BCUT2D eigenvalue weighted by atomic mass is 10.3. The monoisotopic (exact) mass is 423 g/mol. The van der Waals surface area contributed by atoms with E-state index in [1.54, 1.807) is 6.20 Å². The van der Waals surface area contributed by atoms with Crippen molar-refractivity contribution in [3.05, 3.63) is 65.5 Å². The zero-order valence-corrected chi connectivity index (χ0v) is 18.4. The fraction of sp³-hybridized carbons (Fsp3) is 0.348. The van der Waals surface area contributed by atoms with Gasteiger partial charge in [0.25, 0.3) is 0 Å². The molecule has 0 aliphatic rings. The van der Waals surface area contributed by atoms with E-state index >= 15 is 0 Å². The summed E-state index contributed by atoms with van der Waals surface area (Å²) in [4.78, 5) is 13.4. The summed E-state index contributed by atoms with van der Waals surface area (Å²) in [6.45, 7) is 10.0. The van der Waals surface area contributed by atoms with Crippen LogP contribution in [0.2, 0.25) is 0 Å². The van der Waals surface area contributed by atoms with Crippen LogP contribution >= 0.6 is 0 Å². The van der Waals surface area contributed by atoms with Gasteiger partial charge in [-0.15, -0.1) is 0 Å². The molecular weight excluding hydrogens is 394 g/mol. The first-order chi connectivity index (χ1) is 15.1. The third kappa shape index (κ3) is 6.47. The smallest absolute Gasteiger partial charge is 0.219 e. The minimum absolute atomic E-state index is 0.463. The van der Waals surface area contributed by atoms with E-state index in [1.807, 2.05) is 64.1 Å². The summed E-state index contributed by atoms with van der Waals surface area (Å²) in [5.74, 6) is 3.98. The number of pyridine rings is 1. The first kappa shape index (κ1) is 22.1. The molecule has 0 saturated carbocycles. The molecule has 3 rings (SSSR count). The number of para-hydroxylation sites is 2. The van der Waals surface area contributed by atoms with Crippen molar-refractivity contribution in [2.45, 2.75) is 40.8 Å². The Morgan fingerprint density at radius 1 is 1.06 bits per heavy atom. The summed E-state index contributed by atoms with van der Waals surface area (Å²) in [5.41, 5.74) is 1.86. The Hall–Kier alpha value is -3.55. The molecular formula is C23H29N5O3. The van der Waals surface area contributed by atoms with Gasteiger partial charge in [0.15, 0.2) is 17.5 Å². The third-order valence-electron chi connectivity index (χ3n) is 4.40. The number of nitrogens with one attached hydrogen (secondary N) is 2. The molecule has 0 aliphatic carbocycles. The van der Waals surface area contributed by atoms with Gasteiger partial charge in [-0.3, -0.25) is 0 Å². The Kier molecular flexibility index (Phi) is 7.86. The Morgan fingerprint density at radius 2 is 1.87 bits per heavy atom. The minimum Gasteiger partial charge on any atom is -0.490 e. The number of oxazole rings is 1. The van der Waals surface area contributed by atoms with Crippen molar-refractivity contribution in [3.8, 4) is 17.4 Å². The molecule has 164 valence electrons. The van der Waals surface area contributed by atoms with E-state index in [0.29, 0.717) is 48.9 Å². The first-order valence-corrected chi connectivity index (χ1v) is 10.4. The van der Waals surface area contributed by atoms with Crippen molar-refractivity contribution in [1.29, 1.82) is 0 Å². The molecule has 0 unspecified atom stereocenters. The summed E-state index contributed by atoms with van der Waals surface area (Å²) in [7, 11) is 0. The Morgan fingerprint density at radius 3 is 2.52 bits per heavy atom. The second-order valence-corrected chi connectivity index (χ2v) is 6.78. The van der Waals surface area contributed by atoms with E-state index in [-0.39, 0.29) is 0 Å². The van der Waals surface area contributed by atoms with Crippen LogP contribution in [-0.4, -0.2) is 29.1 Å². The highest BCUT2D eigenvalue weighted by Crippen LogP contribution is 2.30. The summed E-state index contributed by atoms with van der Waals surface area (Å²) < 4.78 is 17.1. The predicted molar refractivity (Wildman–Crippen MR) is 120 cm³/mol. The molecule has 0 radical (unpaired) electrons. The Bertz CT molecular complexity index is 979. The molecule has 8 heteroatoms. The highest BCUT2D eigenvalue weighted by molar-refractivity contribution is 5.79. The Balaban J connectivity index is 1.60. The Labute approximate surface area is 182 Å². The normalized spacial score (nSPS) is 11.3. The number of aryl methyl sites for hydroxylation is 2. The van der Waals surface area contributed by atoms with E-state index in [4.69, 9.17) is 13.9 Å². The van der Waals surface area contributed by atoms with Gasteiger partial charge in [-0.2, -0.15) is 0 Å². The molecule has 31 heavy (non-hydrogen) atoms. The SMILES string of the molecule is CCNC(=NCc1ccc(Oc2ccccc2OCC)nc1)NCc1nc(C)c(C)o1. The summed E-state index contributed by atoms with van der Waals surface area (Å²) >= 11 is 0. The highest BCUT2D eigenvalue weighted by atomic mass is 16.5. The summed E-state index contributed by atoms with van der Waals surface area (Å²) in [5, 5.41) is 6.45. The lowest BCUT2D eigenvalue weighted by molar-refractivity contribution is 0.319. The largest absolute Gasteiger partial charge is 0.490 e. The van der Waals surface area contributed by atoms with Crippen LogP contribution in [0, 0.1) is 13.8 Å². The molecule has 0 saturated heterocycles. The van der Waals surface area contributed by atoms with Gasteiger partial charge >= 0.3 is 0 Å². The van der Waals surface area contributed by atoms with Crippen LogP contribution in [0.15, 0.2) is 52.0 Å². The average Bonchev–Trinajstić information content (AvgIpc) is 3.10. The number of benzene rings is 1. The van der Waals surface area contributed by atoms with Crippen LogP contribution < -0.4 is 20.1 Å². The first-order valence-electron chi connectivity index (χ1n) is 10.4. The number of rotatable bonds is 9. The molecule has 0 amide bonds. The quantitative estimate of drug-likeness (QED) is 0.395. The number of ether oxygens (including phenoxy) is 2. The molecule has 2 aromatic heterocycles. The van der Waals surface area contributed by atoms with E-state index in [2.05, 4.69) is 25.6 Å². The van der Waals surface area contributed by atoms with Crippen LogP contribution in [0.5, 0.6) is 17.4 Å². The van der Waals surface area contributed by atoms with Gasteiger partial charge in [0.05, 0.1) is 25.4 Å². The fourth-order valence-corrected chi connectivity index (χ4v) is 2.77. The van der Waals surface area contributed by atoms with Crippen molar-refractivity contribution in [3.63, 3.8) is 0 Å². The van der Waals surface area contributed by atoms with Gasteiger partial charge in [0.2, 0.25) is 11.8 Å². The maximum absolute atomic E-state index is 5.87. The maximum Gasteiger partial charge on any atom is 0.219 e. The lowest BCUT2D eigenvalue weighted by Crippen LogP contribution is -2.36. The molecule has 0 atom stereocenters. The molecule has 8 nitrogen and oxygen atoms in total. The van der Waals surface area contributed by atoms with Crippen LogP contribution in [0.25, 0.3) is 0 Å². The number of aliphatic imine (C=N–C) groups is 1. The number of nitrogens with zero attached hydrogens (tertiary/aromatic N) is 3. The van der Waals surface area contributed by atoms with E-state index in [0.717, 1.165) is 23.6 Å². The van der Waals surface area contributed by atoms with Gasteiger partial charge in [-0.1, -0.05) is 18.2 Å². The maximum atomic E-state index is 5.87. The standard InChI is InChI=1S/C23H29N5O3/c1-5-24-23(27-15-22-28-16(3)17(4)30-22)26-14-18-11-12-21(25-13-18)31-20-10-8-7-9-19(20)29-6-2/h7-13H,5-6,14-15H2,1-4H3,(H2,24,26,27). The zero-order chi connectivity index (χ0) is 22.1.